The van der Waals surface area contributed by atoms with Crippen LogP contribution in [0, 0.1) is 6.20 Å². The van der Waals surface area contributed by atoms with Gasteiger partial charge in [-0.25, -0.2) is 9.97 Å². The first kappa shape index (κ1) is 10.6. The molecule has 0 saturated carbocycles. The Morgan fingerprint density at radius 1 is 1.15 bits per heavy atom. The Hall–Kier alpha value is -2.18. The minimum absolute atomic E-state index is 0.973. The molecule has 95 valence electrons. The van der Waals surface area contributed by atoms with Gasteiger partial charge in [0.15, 0.2) is 9.92 Å². The van der Waals surface area contributed by atoms with Crippen molar-refractivity contribution in [1.29, 1.82) is 0 Å². The summed E-state index contributed by atoms with van der Waals surface area (Å²) in [6.45, 7) is 0. The summed E-state index contributed by atoms with van der Waals surface area (Å²) in [5, 5.41) is 2.11. The van der Waals surface area contributed by atoms with E-state index in [1.165, 1.54) is 10.2 Å². The summed E-state index contributed by atoms with van der Waals surface area (Å²) in [5.74, 6) is 0. The maximum Gasteiger partial charge on any atom is 0.195 e. The lowest BCUT2D eigenvalue weighted by Gasteiger charge is -1.98. The average molecular weight is 295 g/mol. The highest BCUT2D eigenvalue weighted by molar-refractivity contribution is 7.23. The van der Waals surface area contributed by atoms with Gasteiger partial charge in [0.05, 0.1) is 15.9 Å². The van der Waals surface area contributed by atoms with Crippen molar-refractivity contribution in [2.45, 2.75) is 0 Å². The minimum Gasteiger partial charge on any atom is -0.289 e. The van der Waals surface area contributed by atoms with Crippen LogP contribution in [0.25, 0.3) is 31.5 Å². The maximum absolute atomic E-state index is 4.43. The molecule has 0 aliphatic carbocycles. The third kappa shape index (κ3) is 1.25. The van der Waals surface area contributed by atoms with E-state index < -0.39 is 0 Å². The Morgan fingerprint density at radius 2 is 2.10 bits per heavy atom. The van der Waals surface area contributed by atoms with Crippen LogP contribution in [0.1, 0.15) is 0 Å². The zero-order valence-electron chi connectivity index (χ0n) is 10.1. The Kier molecular flexibility index (Phi) is 1.95. The molecule has 6 heteroatoms. The van der Waals surface area contributed by atoms with Crippen LogP contribution in [0.15, 0.2) is 42.0 Å². The molecule has 0 aliphatic heterocycles. The van der Waals surface area contributed by atoms with Gasteiger partial charge in [-0.1, -0.05) is 23.5 Å². The molecule has 0 fully saturated rings. The van der Waals surface area contributed by atoms with Gasteiger partial charge >= 0.3 is 0 Å². The quantitative estimate of drug-likeness (QED) is 0.472. The molecule has 0 atom stereocenters. The molecule has 5 rings (SSSR count). The fourth-order valence-corrected chi connectivity index (χ4v) is 4.30. The highest BCUT2D eigenvalue weighted by Crippen LogP contribution is 2.32. The smallest absolute Gasteiger partial charge is 0.195 e. The molecular formula is C14H7N4S2. The average Bonchev–Trinajstić information content (AvgIpc) is 3.18. The van der Waals surface area contributed by atoms with E-state index in [2.05, 4.69) is 54.6 Å². The fourth-order valence-electron chi connectivity index (χ4n) is 2.48. The molecule has 1 radical (unpaired) electrons. The van der Waals surface area contributed by atoms with Gasteiger partial charge in [-0.3, -0.25) is 8.80 Å². The van der Waals surface area contributed by atoms with Crippen molar-refractivity contribution in [2.24, 2.45) is 0 Å². The van der Waals surface area contributed by atoms with E-state index in [-0.39, 0.29) is 0 Å². The molecule has 0 amide bonds. The molecule has 5 aromatic rings. The summed E-state index contributed by atoms with van der Waals surface area (Å²) in [6.07, 6.45) is 6.95. The number of hydrogen-bond acceptors (Lipinski definition) is 4. The summed E-state index contributed by atoms with van der Waals surface area (Å²) in [6, 6.07) is 8.35. The van der Waals surface area contributed by atoms with Crippen LogP contribution in [-0.2, 0) is 0 Å². The molecule has 0 N–H and O–H groups in total. The zero-order valence-corrected chi connectivity index (χ0v) is 11.8. The third-order valence-electron chi connectivity index (χ3n) is 3.36. The maximum atomic E-state index is 4.43. The number of rotatable bonds is 1. The van der Waals surface area contributed by atoms with Crippen LogP contribution in [0.3, 0.4) is 0 Å². The normalized spacial score (nSPS) is 12.0. The van der Waals surface area contributed by atoms with Gasteiger partial charge in [-0.15, -0.1) is 11.3 Å². The van der Waals surface area contributed by atoms with E-state index in [9.17, 15) is 0 Å². The van der Waals surface area contributed by atoms with Crippen molar-refractivity contribution < 1.29 is 0 Å². The van der Waals surface area contributed by atoms with E-state index in [0.29, 0.717) is 0 Å². The van der Waals surface area contributed by atoms with Crippen LogP contribution in [0.5, 0.6) is 0 Å². The lowest BCUT2D eigenvalue weighted by atomic mass is 10.3. The predicted molar refractivity (Wildman–Crippen MR) is 81.5 cm³/mol. The fraction of sp³-hybridized carbons (Fsp3) is 0. The molecule has 0 bridgehead atoms. The molecule has 4 heterocycles. The van der Waals surface area contributed by atoms with Crippen LogP contribution in [-0.4, -0.2) is 18.8 Å². The van der Waals surface area contributed by atoms with E-state index >= 15 is 0 Å². The summed E-state index contributed by atoms with van der Waals surface area (Å²) in [7, 11) is 0. The van der Waals surface area contributed by atoms with Crippen LogP contribution in [0.4, 0.5) is 0 Å². The number of aromatic nitrogens is 4. The second-order valence-electron chi connectivity index (χ2n) is 4.46. The first-order valence-corrected chi connectivity index (χ1v) is 7.80. The summed E-state index contributed by atoms with van der Waals surface area (Å²) < 4.78 is 5.49. The van der Waals surface area contributed by atoms with Crippen molar-refractivity contribution in [1.82, 2.24) is 18.8 Å². The second kappa shape index (κ2) is 3.68. The number of benzene rings is 1. The topological polar surface area (TPSA) is 34.6 Å². The molecule has 20 heavy (non-hydrogen) atoms. The van der Waals surface area contributed by atoms with E-state index in [1.807, 2.05) is 12.4 Å². The number of hydrogen-bond donors (Lipinski definition) is 0. The van der Waals surface area contributed by atoms with E-state index in [1.54, 1.807) is 22.7 Å². The number of imidazole rings is 2. The first-order chi connectivity index (χ1) is 9.92. The number of nitrogens with zero attached hydrogens (tertiary/aromatic N) is 4. The lowest BCUT2D eigenvalue weighted by molar-refractivity contribution is 1.19. The minimum atomic E-state index is 0.973. The zero-order chi connectivity index (χ0) is 13.1. The van der Waals surface area contributed by atoms with Crippen LogP contribution >= 0.6 is 22.7 Å². The number of para-hydroxylation sites is 1. The van der Waals surface area contributed by atoms with Gasteiger partial charge in [0, 0.05) is 17.8 Å². The van der Waals surface area contributed by atoms with E-state index in [0.717, 1.165) is 21.3 Å². The Morgan fingerprint density at radius 3 is 3.10 bits per heavy atom. The molecule has 4 nitrogen and oxygen atoms in total. The predicted octanol–water partition coefficient (Wildman–Crippen LogP) is 3.73. The third-order valence-corrected chi connectivity index (χ3v) is 5.24. The lowest BCUT2D eigenvalue weighted by Crippen LogP contribution is -1.89. The molecule has 0 aliphatic rings. The van der Waals surface area contributed by atoms with Crippen LogP contribution in [0.2, 0.25) is 0 Å². The van der Waals surface area contributed by atoms with Gasteiger partial charge in [0.1, 0.15) is 11.9 Å². The molecule has 1 aromatic carbocycles. The Labute approximate surface area is 121 Å². The molecule has 0 unspecified atom stereocenters. The monoisotopic (exact) mass is 295 g/mol. The first-order valence-electron chi connectivity index (χ1n) is 6.10. The SMILES string of the molecule is [c]1nc2sc3ccccc3n2c1-c1csc2nccn12. The number of fused-ring (bicyclic) bond motifs is 4. The van der Waals surface area contributed by atoms with Crippen molar-refractivity contribution in [3.8, 4) is 11.4 Å². The van der Waals surface area contributed by atoms with Gasteiger partial charge in [0.2, 0.25) is 0 Å². The Bertz CT molecular complexity index is 1060. The van der Waals surface area contributed by atoms with Gasteiger partial charge < -0.3 is 0 Å². The molecular weight excluding hydrogens is 288 g/mol. The molecule has 0 saturated heterocycles. The second-order valence-corrected chi connectivity index (χ2v) is 6.31. The van der Waals surface area contributed by atoms with E-state index in [4.69, 9.17) is 0 Å². The Balaban J connectivity index is 1.95. The van der Waals surface area contributed by atoms with Crippen molar-refractivity contribution in [2.75, 3.05) is 0 Å². The molecule has 0 spiro atoms. The summed E-state index contributed by atoms with van der Waals surface area (Å²) >= 11 is 3.32. The van der Waals surface area contributed by atoms with Crippen LogP contribution < -0.4 is 0 Å². The van der Waals surface area contributed by atoms with Crippen molar-refractivity contribution in [3.63, 3.8) is 0 Å². The standard InChI is InChI=1S/C14H7N4S2/c1-2-4-12-9(3-1)18-10(7-16-14(18)20-12)11-8-19-13-15-5-6-17(11)13/h1-6,8H. The van der Waals surface area contributed by atoms with Crippen molar-refractivity contribution in [3.05, 3.63) is 48.2 Å². The molecule has 4 aromatic heterocycles. The van der Waals surface area contributed by atoms with Crippen molar-refractivity contribution >= 4 is 42.8 Å². The summed E-state index contributed by atoms with van der Waals surface area (Å²) in [4.78, 5) is 10.7. The highest BCUT2D eigenvalue weighted by Gasteiger charge is 2.15. The largest absolute Gasteiger partial charge is 0.289 e. The van der Waals surface area contributed by atoms with Gasteiger partial charge in [-0.2, -0.15) is 0 Å². The summed E-state index contributed by atoms with van der Waals surface area (Å²) in [5.41, 5.74) is 3.25. The number of thiazole rings is 2. The highest BCUT2D eigenvalue weighted by atomic mass is 32.1. The van der Waals surface area contributed by atoms with Gasteiger partial charge in [0.25, 0.3) is 0 Å². The van der Waals surface area contributed by atoms with Gasteiger partial charge in [-0.05, 0) is 12.1 Å².